The Labute approximate surface area is 175 Å². The van der Waals surface area contributed by atoms with E-state index in [1.807, 2.05) is 27.7 Å². The molecular formula is C20H29NO9. The van der Waals surface area contributed by atoms with Gasteiger partial charge < -0.3 is 43.1 Å². The van der Waals surface area contributed by atoms with Crippen LogP contribution in [-0.4, -0.2) is 74.0 Å². The third-order valence-corrected chi connectivity index (χ3v) is 5.39. The van der Waals surface area contributed by atoms with Crippen molar-refractivity contribution in [1.29, 1.82) is 0 Å². The summed E-state index contributed by atoms with van der Waals surface area (Å²) >= 11 is 0. The van der Waals surface area contributed by atoms with Crippen LogP contribution >= 0.6 is 0 Å². The number of rotatable bonds is 7. The quantitative estimate of drug-likeness (QED) is 0.445. The largest absolute Gasteiger partial charge is 0.498 e. The topological polar surface area (TPSA) is 101 Å². The zero-order valence-corrected chi connectivity index (χ0v) is 17.6. The van der Waals surface area contributed by atoms with Gasteiger partial charge in [0.05, 0.1) is 13.2 Å². The van der Waals surface area contributed by atoms with E-state index in [-0.39, 0.29) is 19.1 Å². The molecule has 8 atom stereocenters. The van der Waals surface area contributed by atoms with E-state index >= 15 is 0 Å². The van der Waals surface area contributed by atoms with Crippen LogP contribution in [0.5, 0.6) is 0 Å². The van der Waals surface area contributed by atoms with Gasteiger partial charge in [-0.15, -0.1) is 6.58 Å². The van der Waals surface area contributed by atoms with Gasteiger partial charge in [0, 0.05) is 5.01 Å². The van der Waals surface area contributed by atoms with Crippen LogP contribution in [0.1, 0.15) is 34.1 Å². The average molecular weight is 427 g/mol. The van der Waals surface area contributed by atoms with Crippen LogP contribution in [-0.2, 0) is 37.9 Å². The molecule has 0 N–H and O–H groups in total. The monoisotopic (exact) mass is 427 g/mol. The van der Waals surface area contributed by atoms with Crippen LogP contribution in [0.2, 0.25) is 0 Å². The van der Waals surface area contributed by atoms with Gasteiger partial charge in [-0.05, 0) is 27.7 Å². The highest BCUT2D eigenvalue weighted by Crippen LogP contribution is 2.41. The molecule has 4 rings (SSSR count). The van der Waals surface area contributed by atoms with E-state index in [4.69, 9.17) is 37.9 Å². The molecule has 0 bridgehead atoms. The highest BCUT2D eigenvalue weighted by atomic mass is 16.9. The Bertz CT molecular complexity index is 702. The first kappa shape index (κ1) is 21.9. The number of nitrogens with zero attached hydrogens (tertiary/aromatic N) is 1. The second kappa shape index (κ2) is 8.33. The molecule has 10 heteroatoms. The summed E-state index contributed by atoms with van der Waals surface area (Å²) in [6.07, 6.45) is -1.90. The maximum Gasteiger partial charge on any atom is 0.301 e. The van der Waals surface area contributed by atoms with E-state index in [9.17, 15) is 5.21 Å². The molecule has 4 fully saturated rings. The Balaban J connectivity index is 1.43. The summed E-state index contributed by atoms with van der Waals surface area (Å²) in [6.45, 7) is 11.5. The minimum absolute atomic E-state index is 0.169. The number of hydrogen-bond acceptors (Lipinski definition) is 9. The molecule has 0 aromatic carbocycles. The highest BCUT2D eigenvalue weighted by Gasteiger charge is 2.58. The van der Waals surface area contributed by atoms with Crippen molar-refractivity contribution in [2.75, 3.05) is 13.2 Å². The lowest BCUT2D eigenvalue weighted by atomic mass is 10.1. The van der Waals surface area contributed by atoms with Crippen LogP contribution in [0.4, 0.5) is 0 Å². The lowest BCUT2D eigenvalue weighted by Crippen LogP contribution is -2.42. The Kier molecular flexibility index (Phi) is 6.09. The molecule has 4 aliphatic rings. The summed E-state index contributed by atoms with van der Waals surface area (Å²) in [5, 5.41) is 13.2. The van der Waals surface area contributed by atoms with Gasteiger partial charge in [-0.1, -0.05) is 6.08 Å². The van der Waals surface area contributed by atoms with Gasteiger partial charge in [-0.2, -0.15) is 0 Å². The molecule has 168 valence electrons. The van der Waals surface area contributed by atoms with E-state index in [1.54, 1.807) is 6.08 Å². The maximum absolute atomic E-state index is 10.5. The zero-order chi connectivity index (χ0) is 21.5. The number of hydrogen-bond donors (Lipinski definition) is 0. The standard InChI is InChI=1S/C20H29NO9/c1-6-9-23-14-12(26-18-16(14)28-20(4,5)30-18)10-24-13-11(7-8-21-22)25-17-15(13)27-19(2,3)29-17/h6,11-18H,1,7,9-10H2,2-5H3/t11-,12-,13-,14-,15-,16-,17-,18-/m1/s1. The predicted molar refractivity (Wildman–Crippen MR) is 102 cm³/mol. The molecule has 0 aliphatic carbocycles. The molecule has 10 nitrogen and oxygen atoms in total. The van der Waals surface area contributed by atoms with Crippen LogP contribution in [0, 0.1) is 11.3 Å². The average Bonchev–Trinajstić information content (AvgIpc) is 3.32. The third-order valence-electron chi connectivity index (χ3n) is 5.39. The lowest BCUT2D eigenvalue weighted by molar-refractivity contribution is -0.233. The fourth-order valence-electron chi connectivity index (χ4n) is 4.31. The van der Waals surface area contributed by atoms with Crippen molar-refractivity contribution in [2.45, 2.75) is 94.9 Å². The summed E-state index contributed by atoms with van der Waals surface area (Å²) in [7, 11) is 0. The van der Waals surface area contributed by atoms with Gasteiger partial charge in [0.25, 0.3) is 0 Å². The van der Waals surface area contributed by atoms with Crippen molar-refractivity contribution in [2.24, 2.45) is 0 Å². The molecule has 0 aromatic heterocycles. The molecule has 0 saturated carbocycles. The highest BCUT2D eigenvalue weighted by molar-refractivity contribution is 5.01. The maximum atomic E-state index is 10.5. The summed E-state index contributed by atoms with van der Waals surface area (Å²) in [6, 6.07) is 2.38. The summed E-state index contributed by atoms with van der Waals surface area (Å²) in [5.41, 5.74) is 0. The van der Waals surface area contributed by atoms with Crippen LogP contribution < -0.4 is 0 Å². The van der Waals surface area contributed by atoms with Crippen molar-refractivity contribution in [1.82, 2.24) is 0 Å². The van der Waals surface area contributed by atoms with Crippen molar-refractivity contribution >= 4 is 0 Å². The van der Waals surface area contributed by atoms with Crippen LogP contribution in [0.3, 0.4) is 0 Å². The fourth-order valence-corrected chi connectivity index (χ4v) is 4.31. The normalized spacial score (nSPS) is 43.1. The Morgan fingerprint density at radius 2 is 1.50 bits per heavy atom. The van der Waals surface area contributed by atoms with Gasteiger partial charge in [-0.25, -0.2) is 0 Å². The molecular weight excluding hydrogens is 398 g/mol. The Morgan fingerprint density at radius 1 is 0.933 bits per heavy atom. The molecule has 4 heterocycles. The molecule has 0 aromatic rings. The minimum Gasteiger partial charge on any atom is -0.498 e. The van der Waals surface area contributed by atoms with Gasteiger partial charge >= 0.3 is 6.07 Å². The molecule has 0 amide bonds. The first-order chi connectivity index (χ1) is 14.2. The van der Waals surface area contributed by atoms with Crippen molar-refractivity contribution in [3.05, 3.63) is 22.9 Å². The van der Waals surface area contributed by atoms with Gasteiger partial charge in [-0.3, -0.25) is 0 Å². The Morgan fingerprint density at radius 3 is 2.07 bits per heavy atom. The number of fused-ring (bicyclic) bond motifs is 2. The minimum atomic E-state index is -0.790. The smallest absolute Gasteiger partial charge is 0.301 e. The number of ether oxygens (including phenoxy) is 8. The van der Waals surface area contributed by atoms with Gasteiger partial charge in [0.2, 0.25) is 0 Å². The summed E-state index contributed by atoms with van der Waals surface area (Å²) in [5.74, 6) is -1.54. The van der Waals surface area contributed by atoms with Crippen molar-refractivity contribution in [3.8, 4) is 6.07 Å². The van der Waals surface area contributed by atoms with Gasteiger partial charge in [0.1, 0.15) is 43.0 Å². The van der Waals surface area contributed by atoms with E-state index in [2.05, 4.69) is 17.7 Å². The van der Waals surface area contributed by atoms with E-state index in [1.165, 1.54) is 0 Å². The molecule has 0 unspecified atom stereocenters. The molecule has 30 heavy (non-hydrogen) atoms. The zero-order valence-electron chi connectivity index (χ0n) is 17.6. The van der Waals surface area contributed by atoms with Gasteiger partial charge in [0.15, 0.2) is 24.2 Å². The third kappa shape index (κ3) is 4.35. The Hall–Kier alpha value is -1.29. The van der Waals surface area contributed by atoms with Crippen LogP contribution in [0.25, 0.3) is 5.01 Å². The summed E-state index contributed by atoms with van der Waals surface area (Å²) < 4.78 is 47.5. The van der Waals surface area contributed by atoms with E-state index in [0.717, 1.165) is 0 Å². The molecule has 0 spiro atoms. The fraction of sp³-hybridized carbons (Fsp3) is 0.850. The second-order valence-electron chi connectivity index (χ2n) is 8.62. The van der Waals surface area contributed by atoms with E-state index in [0.29, 0.717) is 6.61 Å². The van der Waals surface area contributed by atoms with Crippen LogP contribution in [0.15, 0.2) is 12.7 Å². The first-order valence-corrected chi connectivity index (χ1v) is 10.1. The predicted octanol–water partition coefficient (Wildman–Crippen LogP) is 1.92. The van der Waals surface area contributed by atoms with Crippen molar-refractivity contribution < 1.29 is 37.9 Å². The lowest BCUT2D eigenvalue weighted by Gasteiger charge is -2.28. The molecule has 4 aliphatic heterocycles. The van der Waals surface area contributed by atoms with Crippen molar-refractivity contribution in [3.63, 3.8) is 0 Å². The first-order valence-electron chi connectivity index (χ1n) is 10.1. The second-order valence-corrected chi connectivity index (χ2v) is 8.62. The van der Waals surface area contributed by atoms with E-state index < -0.39 is 54.7 Å². The molecule has 0 radical (unpaired) electrons. The SMILES string of the molecule is C=CCO[C@H]1[C@H]2OC(C)(C)O[C@H]2O[C@@H]1CO[C@H]1[C@H]2OC(C)(C)O[C@H]2O[C@@H]1CC#[N+][O-]. The molecule has 4 saturated heterocycles. The summed E-state index contributed by atoms with van der Waals surface area (Å²) in [4.78, 5) is 0.